The van der Waals surface area contributed by atoms with E-state index in [-0.39, 0.29) is 35.7 Å². The number of hydrogen-bond acceptors (Lipinski definition) is 5. The predicted molar refractivity (Wildman–Crippen MR) is 134 cm³/mol. The molecule has 2 aliphatic carbocycles. The lowest BCUT2D eigenvalue weighted by molar-refractivity contribution is -0.149. The zero-order valence-electron chi connectivity index (χ0n) is 20.5. The van der Waals surface area contributed by atoms with E-state index in [0.717, 1.165) is 32.1 Å². The van der Waals surface area contributed by atoms with Gasteiger partial charge in [0.05, 0.1) is 12.7 Å². The summed E-state index contributed by atoms with van der Waals surface area (Å²) >= 11 is 0. The summed E-state index contributed by atoms with van der Waals surface area (Å²) in [6.45, 7) is 1.10. The molecule has 8 nitrogen and oxygen atoms in total. The minimum atomic E-state index is -1.54. The number of urea groups is 1. The highest BCUT2D eigenvalue weighted by Crippen LogP contribution is 2.47. The number of piperidine rings is 1. The molecular formula is C28H33N3O5. The molecule has 0 spiro atoms. The van der Waals surface area contributed by atoms with E-state index in [4.69, 9.17) is 4.74 Å². The minimum Gasteiger partial charge on any atom is -0.465 e. The van der Waals surface area contributed by atoms with Gasteiger partial charge in [0.2, 0.25) is 0 Å². The van der Waals surface area contributed by atoms with E-state index in [2.05, 4.69) is 10.6 Å². The first-order valence-corrected chi connectivity index (χ1v) is 12.7. The zero-order valence-corrected chi connectivity index (χ0v) is 20.5. The van der Waals surface area contributed by atoms with Crippen molar-refractivity contribution in [3.8, 4) is 0 Å². The van der Waals surface area contributed by atoms with Gasteiger partial charge in [0, 0.05) is 42.6 Å². The summed E-state index contributed by atoms with van der Waals surface area (Å²) in [7, 11) is 1.32. The Morgan fingerprint density at radius 1 is 0.944 bits per heavy atom. The number of nitrogens with one attached hydrogen (secondary N) is 2. The first kappa shape index (κ1) is 24.3. The van der Waals surface area contributed by atoms with Gasteiger partial charge in [0.25, 0.3) is 5.91 Å². The lowest BCUT2D eigenvalue weighted by Gasteiger charge is -2.38. The van der Waals surface area contributed by atoms with Crippen LogP contribution in [-0.4, -0.2) is 54.2 Å². The molecule has 0 bridgehead atoms. The first-order chi connectivity index (χ1) is 17.4. The average molecular weight is 492 g/mol. The second-order valence-corrected chi connectivity index (χ2v) is 10.2. The number of rotatable bonds is 6. The van der Waals surface area contributed by atoms with Crippen molar-refractivity contribution in [2.75, 3.05) is 25.5 Å². The number of hydrogen-bond donors (Lipinski definition) is 3. The number of fused-ring (bicyclic) bond motifs is 1. The van der Waals surface area contributed by atoms with Crippen LogP contribution in [0.4, 0.5) is 10.5 Å². The van der Waals surface area contributed by atoms with Gasteiger partial charge in [-0.05, 0) is 42.7 Å². The number of anilines is 1. The van der Waals surface area contributed by atoms with Crippen molar-refractivity contribution in [3.05, 3.63) is 65.7 Å². The number of nitrogens with zero attached hydrogens (tertiary/aromatic N) is 1. The maximum Gasteiger partial charge on any atom is 0.337 e. The Morgan fingerprint density at radius 2 is 1.58 bits per heavy atom. The molecule has 3 N–H and O–H groups in total. The highest BCUT2D eigenvalue weighted by atomic mass is 16.5. The molecule has 2 saturated carbocycles. The van der Waals surface area contributed by atoms with Crippen LogP contribution in [0.2, 0.25) is 0 Å². The molecule has 1 heterocycles. The van der Waals surface area contributed by atoms with Crippen molar-refractivity contribution in [1.82, 2.24) is 10.2 Å². The molecule has 3 fully saturated rings. The van der Waals surface area contributed by atoms with Gasteiger partial charge in [0.15, 0.2) is 5.60 Å². The van der Waals surface area contributed by atoms with Gasteiger partial charge >= 0.3 is 12.0 Å². The number of esters is 1. The monoisotopic (exact) mass is 491 g/mol. The third kappa shape index (κ3) is 4.57. The van der Waals surface area contributed by atoms with Crippen LogP contribution in [0.15, 0.2) is 54.6 Å². The molecule has 3 unspecified atom stereocenters. The standard InChI is InChI=1S/C28H33N3O5/c1-36-25(32)18-12-14-21(15-13-18)29-27(34)31-16-22-23(17-31)24(22)30-26(33)28(35,19-8-4-2-5-9-19)20-10-6-3-7-11-20/h2,4-5,8-9,12-15,20,22-24,35H,3,6-7,10-11,16-17H2,1H3,(H,29,34)(H,30,33). The molecule has 0 radical (unpaired) electrons. The maximum atomic E-state index is 13.5. The number of carbonyl (C=O) groups excluding carboxylic acids is 3. The van der Waals surface area contributed by atoms with E-state index in [0.29, 0.717) is 29.9 Å². The van der Waals surface area contributed by atoms with Gasteiger partial charge in [-0.25, -0.2) is 9.59 Å². The molecule has 5 rings (SSSR count). The van der Waals surface area contributed by atoms with Crippen molar-refractivity contribution in [1.29, 1.82) is 0 Å². The summed E-state index contributed by atoms with van der Waals surface area (Å²) in [5.74, 6) is -0.467. The van der Waals surface area contributed by atoms with Crippen LogP contribution in [0.25, 0.3) is 0 Å². The van der Waals surface area contributed by atoms with Crippen LogP contribution in [-0.2, 0) is 15.1 Å². The Labute approximate surface area is 211 Å². The van der Waals surface area contributed by atoms with Crippen molar-refractivity contribution in [3.63, 3.8) is 0 Å². The molecule has 3 aliphatic rings. The van der Waals surface area contributed by atoms with Gasteiger partial charge in [0.1, 0.15) is 0 Å². The molecule has 2 aromatic carbocycles. The number of benzene rings is 2. The van der Waals surface area contributed by atoms with Crippen LogP contribution < -0.4 is 10.6 Å². The highest BCUT2D eigenvalue weighted by molar-refractivity contribution is 5.92. The fourth-order valence-corrected chi connectivity index (χ4v) is 5.94. The lowest BCUT2D eigenvalue weighted by atomic mass is 9.73. The van der Waals surface area contributed by atoms with E-state index < -0.39 is 11.6 Å². The second kappa shape index (κ2) is 9.93. The van der Waals surface area contributed by atoms with Crippen molar-refractivity contribution in [2.45, 2.75) is 43.7 Å². The molecule has 8 heteroatoms. The SMILES string of the molecule is COC(=O)c1ccc(NC(=O)N2CC3C(C2)C3NC(=O)C(O)(c2ccccc2)C2CCCCC2)cc1. The van der Waals surface area contributed by atoms with Crippen LogP contribution in [0, 0.1) is 17.8 Å². The molecule has 3 atom stereocenters. The number of likely N-dealkylation sites (tertiary alicyclic amines) is 1. The fraction of sp³-hybridized carbons (Fsp3) is 0.464. The molecule has 1 saturated heterocycles. The molecule has 1 aliphatic heterocycles. The van der Waals surface area contributed by atoms with E-state index in [9.17, 15) is 19.5 Å². The lowest BCUT2D eigenvalue weighted by Crippen LogP contribution is -2.52. The van der Waals surface area contributed by atoms with Crippen LogP contribution in [0.1, 0.15) is 48.0 Å². The van der Waals surface area contributed by atoms with E-state index in [1.54, 1.807) is 29.2 Å². The Bertz CT molecular complexity index is 1100. The highest BCUT2D eigenvalue weighted by Gasteiger charge is 2.59. The van der Waals surface area contributed by atoms with Gasteiger partial charge in [-0.2, -0.15) is 0 Å². The zero-order chi connectivity index (χ0) is 25.3. The van der Waals surface area contributed by atoms with Crippen LogP contribution in [0.3, 0.4) is 0 Å². The van der Waals surface area contributed by atoms with Crippen molar-refractivity contribution >= 4 is 23.6 Å². The summed E-state index contributed by atoms with van der Waals surface area (Å²) in [6, 6.07) is 15.6. The first-order valence-electron chi connectivity index (χ1n) is 12.7. The summed E-state index contributed by atoms with van der Waals surface area (Å²) < 4.78 is 4.69. The summed E-state index contributed by atoms with van der Waals surface area (Å²) in [5, 5.41) is 17.8. The number of ether oxygens (including phenoxy) is 1. The quantitative estimate of drug-likeness (QED) is 0.536. The Balaban J connectivity index is 1.18. The van der Waals surface area contributed by atoms with Crippen LogP contribution >= 0.6 is 0 Å². The Morgan fingerprint density at radius 3 is 2.19 bits per heavy atom. The molecule has 36 heavy (non-hydrogen) atoms. The maximum absolute atomic E-state index is 13.5. The van der Waals surface area contributed by atoms with Crippen LogP contribution in [0.5, 0.6) is 0 Å². The predicted octanol–water partition coefficient (Wildman–Crippen LogP) is 3.52. The van der Waals surface area contributed by atoms with Gasteiger partial charge < -0.3 is 25.4 Å². The smallest absolute Gasteiger partial charge is 0.337 e. The van der Waals surface area contributed by atoms with Crippen molar-refractivity contribution < 1.29 is 24.2 Å². The van der Waals surface area contributed by atoms with E-state index in [1.807, 2.05) is 30.3 Å². The molecule has 190 valence electrons. The third-order valence-corrected chi connectivity index (χ3v) is 8.09. The largest absolute Gasteiger partial charge is 0.465 e. The Hall–Kier alpha value is -3.39. The second-order valence-electron chi connectivity index (χ2n) is 10.2. The van der Waals surface area contributed by atoms with Gasteiger partial charge in [-0.3, -0.25) is 4.79 Å². The summed E-state index contributed by atoms with van der Waals surface area (Å²) in [6.07, 6.45) is 4.87. The molecular weight excluding hydrogens is 458 g/mol. The van der Waals surface area contributed by atoms with E-state index in [1.165, 1.54) is 7.11 Å². The van der Waals surface area contributed by atoms with Gasteiger partial charge in [-0.1, -0.05) is 49.6 Å². The average Bonchev–Trinajstić information content (AvgIpc) is 3.34. The number of carbonyl (C=O) groups is 3. The molecule has 3 amide bonds. The topological polar surface area (TPSA) is 108 Å². The number of amides is 3. The summed E-state index contributed by atoms with van der Waals surface area (Å²) in [4.78, 5) is 39.6. The molecule has 2 aromatic rings. The number of methoxy groups -OCH3 is 1. The summed E-state index contributed by atoms with van der Waals surface area (Å²) in [5.41, 5.74) is 0.129. The number of aliphatic hydroxyl groups is 1. The van der Waals surface area contributed by atoms with Gasteiger partial charge in [-0.15, -0.1) is 0 Å². The van der Waals surface area contributed by atoms with Crippen molar-refractivity contribution in [2.24, 2.45) is 17.8 Å². The molecule has 0 aromatic heterocycles. The van der Waals surface area contributed by atoms with E-state index >= 15 is 0 Å². The Kier molecular flexibility index (Phi) is 6.71. The third-order valence-electron chi connectivity index (χ3n) is 8.09. The normalized spacial score (nSPS) is 24.8. The fourth-order valence-electron chi connectivity index (χ4n) is 5.94. The minimum absolute atomic E-state index is 0.0280.